The molecule has 0 saturated carbocycles. The molecule has 2 aromatic carbocycles. The van der Waals surface area contributed by atoms with E-state index in [1.165, 1.54) is 23.5 Å². The summed E-state index contributed by atoms with van der Waals surface area (Å²) in [5.74, 6) is -0.142. The van der Waals surface area contributed by atoms with Crippen molar-refractivity contribution in [1.29, 1.82) is 0 Å². The fraction of sp³-hybridized carbons (Fsp3) is 0.0870. The van der Waals surface area contributed by atoms with E-state index in [1.54, 1.807) is 28.7 Å². The zero-order valence-electron chi connectivity index (χ0n) is 16.5. The number of aromatic nitrogens is 2. The van der Waals surface area contributed by atoms with E-state index in [-0.39, 0.29) is 16.1 Å². The summed E-state index contributed by atoms with van der Waals surface area (Å²) < 4.78 is 7.98. The molecular weight excluding hydrogens is 436 g/mol. The molecule has 0 aliphatic carbocycles. The first-order valence-corrected chi connectivity index (χ1v) is 10.6. The number of thiazole rings is 1. The van der Waals surface area contributed by atoms with Gasteiger partial charge in [0.05, 0.1) is 21.6 Å². The third kappa shape index (κ3) is 3.22. The number of furan rings is 1. The third-order valence-electron chi connectivity index (χ3n) is 5.24. The molecule has 0 fully saturated rings. The molecule has 5 rings (SSSR count). The zero-order chi connectivity index (χ0) is 21.9. The van der Waals surface area contributed by atoms with Crippen molar-refractivity contribution in [2.24, 2.45) is 0 Å². The van der Waals surface area contributed by atoms with Gasteiger partial charge in [0.2, 0.25) is 0 Å². The van der Waals surface area contributed by atoms with Gasteiger partial charge in [0.25, 0.3) is 5.56 Å². The quantitative estimate of drug-likeness (QED) is 0.431. The van der Waals surface area contributed by atoms with Crippen LogP contribution < -0.4 is 10.1 Å². The monoisotopic (exact) mass is 450 g/mol. The van der Waals surface area contributed by atoms with Gasteiger partial charge >= 0.3 is 5.97 Å². The number of aryl methyl sites for hydroxylation is 2. The van der Waals surface area contributed by atoms with Crippen molar-refractivity contribution >= 4 is 51.0 Å². The lowest BCUT2D eigenvalue weighted by Crippen LogP contribution is -2.22. The Bertz CT molecular complexity index is 1630. The molecule has 0 atom stereocenters. The summed E-state index contributed by atoms with van der Waals surface area (Å²) in [6.45, 7) is 4.03. The van der Waals surface area contributed by atoms with E-state index in [2.05, 4.69) is 4.98 Å². The van der Waals surface area contributed by atoms with Crippen LogP contribution in [0, 0.1) is 13.8 Å². The number of halogens is 1. The molecular formula is C23H15ClN2O4S. The second-order valence-corrected chi connectivity index (χ2v) is 8.69. The summed E-state index contributed by atoms with van der Waals surface area (Å²) in [4.78, 5) is 29.6. The molecule has 1 N–H and O–H groups in total. The molecule has 0 aliphatic rings. The van der Waals surface area contributed by atoms with E-state index in [1.807, 2.05) is 26.0 Å². The number of nitrogens with zero attached hydrogens (tertiary/aromatic N) is 2. The molecule has 0 unspecified atom stereocenters. The summed E-state index contributed by atoms with van der Waals surface area (Å²) in [5.41, 5.74) is 4.26. The molecule has 0 radical (unpaired) electrons. The number of carbonyl (C=O) groups is 1. The molecule has 0 saturated heterocycles. The number of carboxylic acids is 1. The molecule has 8 heteroatoms. The second-order valence-electron chi connectivity index (χ2n) is 7.27. The largest absolute Gasteiger partial charge is 0.478 e. The highest BCUT2D eigenvalue weighted by Gasteiger charge is 2.14. The number of rotatable bonds is 3. The molecule has 31 heavy (non-hydrogen) atoms. The van der Waals surface area contributed by atoms with E-state index in [9.17, 15) is 14.7 Å². The predicted molar refractivity (Wildman–Crippen MR) is 121 cm³/mol. The summed E-state index contributed by atoms with van der Waals surface area (Å²) in [5, 5.41) is 9.42. The molecule has 0 aliphatic heterocycles. The van der Waals surface area contributed by atoms with Gasteiger partial charge in [-0.25, -0.2) is 14.2 Å². The van der Waals surface area contributed by atoms with E-state index in [0.29, 0.717) is 26.6 Å². The minimum Gasteiger partial charge on any atom is -0.478 e. The van der Waals surface area contributed by atoms with Crippen molar-refractivity contribution in [2.75, 3.05) is 0 Å². The first-order valence-electron chi connectivity index (χ1n) is 9.39. The number of hydrogen-bond acceptors (Lipinski definition) is 5. The van der Waals surface area contributed by atoms with Gasteiger partial charge in [0.1, 0.15) is 16.1 Å². The van der Waals surface area contributed by atoms with Crippen LogP contribution in [0.15, 0.2) is 51.7 Å². The second kappa shape index (κ2) is 7.08. The molecule has 3 aromatic heterocycles. The van der Waals surface area contributed by atoms with Crippen molar-refractivity contribution in [3.05, 3.63) is 84.8 Å². The maximum atomic E-state index is 13.0. The fourth-order valence-corrected chi connectivity index (χ4v) is 4.64. The SMILES string of the molecule is Cc1cc2nc3sc(=Cc4ccc(-c5ccc(Cl)c(C(=O)O)c5)o4)c(=O)n3c2cc1C. The molecule has 0 amide bonds. The van der Waals surface area contributed by atoms with Gasteiger partial charge in [-0.05, 0) is 67.4 Å². The van der Waals surface area contributed by atoms with Crippen LogP contribution in [0.5, 0.6) is 0 Å². The van der Waals surface area contributed by atoms with Crippen LogP contribution in [0.1, 0.15) is 27.2 Å². The maximum Gasteiger partial charge on any atom is 0.337 e. The van der Waals surface area contributed by atoms with Crippen molar-refractivity contribution in [3.8, 4) is 11.3 Å². The van der Waals surface area contributed by atoms with Gasteiger partial charge in [0, 0.05) is 11.6 Å². The fourth-order valence-electron chi connectivity index (χ4n) is 3.48. The molecule has 154 valence electrons. The standard InChI is InChI=1S/C23H15ClN2O4S/c1-11-7-17-18(8-12(11)2)26-21(27)20(31-23(26)25-17)10-14-4-6-19(30-14)13-3-5-16(24)15(9-13)22(28)29/h3-10H,1-2H3,(H,28,29). The normalized spacial score (nSPS) is 12.3. The van der Waals surface area contributed by atoms with Crippen LogP contribution in [0.25, 0.3) is 33.4 Å². The van der Waals surface area contributed by atoms with Crippen molar-refractivity contribution in [3.63, 3.8) is 0 Å². The average Bonchev–Trinajstić information content (AvgIpc) is 3.39. The lowest BCUT2D eigenvalue weighted by Gasteiger charge is -2.01. The number of carboxylic acid groups (broad SMARTS) is 1. The molecule has 0 spiro atoms. The lowest BCUT2D eigenvalue weighted by molar-refractivity contribution is 0.0697. The van der Waals surface area contributed by atoms with E-state index in [4.69, 9.17) is 16.0 Å². The topological polar surface area (TPSA) is 84.8 Å². The van der Waals surface area contributed by atoms with E-state index >= 15 is 0 Å². The third-order valence-corrected chi connectivity index (χ3v) is 6.53. The Balaban J connectivity index is 1.59. The Morgan fingerprint density at radius 2 is 1.94 bits per heavy atom. The van der Waals surface area contributed by atoms with Crippen molar-refractivity contribution < 1.29 is 14.3 Å². The Hall–Kier alpha value is -3.42. The van der Waals surface area contributed by atoms with Crippen LogP contribution in [0.3, 0.4) is 0 Å². The van der Waals surface area contributed by atoms with Gasteiger partial charge in [0.15, 0.2) is 4.96 Å². The van der Waals surface area contributed by atoms with Crippen molar-refractivity contribution in [2.45, 2.75) is 13.8 Å². The highest BCUT2D eigenvalue weighted by atomic mass is 35.5. The van der Waals surface area contributed by atoms with Gasteiger partial charge in [-0.2, -0.15) is 0 Å². The molecule has 3 heterocycles. The maximum absolute atomic E-state index is 13.0. The van der Waals surface area contributed by atoms with Crippen LogP contribution >= 0.6 is 22.9 Å². The van der Waals surface area contributed by atoms with E-state index < -0.39 is 5.97 Å². The average molecular weight is 451 g/mol. The Morgan fingerprint density at radius 3 is 2.71 bits per heavy atom. The van der Waals surface area contributed by atoms with E-state index in [0.717, 1.165) is 22.2 Å². The van der Waals surface area contributed by atoms with Crippen LogP contribution in [0.4, 0.5) is 0 Å². The Morgan fingerprint density at radius 1 is 1.16 bits per heavy atom. The first-order chi connectivity index (χ1) is 14.8. The lowest BCUT2D eigenvalue weighted by atomic mass is 10.1. The molecule has 6 nitrogen and oxygen atoms in total. The number of fused-ring (bicyclic) bond motifs is 3. The van der Waals surface area contributed by atoms with Crippen LogP contribution in [0.2, 0.25) is 5.02 Å². The van der Waals surface area contributed by atoms with Gasteiger partial charge in [-0.15, -0.1) is 0 Å². The summed E-state index contributed by atoms with van der Waals surface area (Å²) in [6.07, 6.45) is 1.67. The highest BCUT2D eigenvalue weighted by Crippen LogP contribution is 2.27. The smallest absolute Gasteiger partial charge is 0.337 e. The van der Waals surface area contributed by atoms with Crippen molar-refractivity contribution in [1.82, 2.24) is 9.38 Å². The Kier molecular flexibility index (Phi) is 4.46. The van der Waals surface area contributed by atoms with Gasteiger partial charge < -0.3 is 9.52 Å². The number of aromatic carboxylic acids is 1. The zero-order valence-corrected chi connectivity index (χ0v) is 18.0. The number of benzene rings is 2. The highest BCUT2D eigenvalue weighted by molar-refractivity contribution is 7.15. The van der Waals surface area contributed by atoms with Gasteiger partial charge in [-0.3, -0.25) is 4.79 Å². The summed E-state index contributed by atoms with van der Waals surface area (Å²) in [6, 6.07) is 12.1. The Labute approximate surface area is 184 Å². The summed E-state index contributed by atoms with van der Waals surface area (Å²) in [7, 11) is 0. The van der Waals surface area contributed by atoms with Gasteiger partial charge in [-0.1, -0.05) is 22.9 Å². The summed E-state index contributed by atoms with van der Waals surface area (Å²) >= 11 is 7.24. The number of imidazole rings is 1. The number of hydrogen-bond donors (Lipinski definition) is 1. The van der Waals surface area contributed by atoms with Crippen LogP contribution in [-0.2, 0) is 0 Å². The molecule has 5 aromatic rings. The van der Waals surface area contributed by atoms with Crippen LogP contribution in [-0.4, -0.2) is 20.5 Å². The first kappa shape index (κ1) is 19.5. The minimum absolute atomic E-state index is 0.000158. The molecule has 0 bridgehead atoms. The predicted octanol–water partition coefficient (Wildman–Crippen LogP) is 4.69. The minimum atomic E-state index is -1.11.